The largest absolute Gasteiger partial charge is 0.486 e. The molecule has 1 aromatic carbocycles. The first kappa shape index (κ1) is 17.1. The standard InChI is InChI=1S/C17H24N2O4/c1-13(20)18-8-3-9-19-17(21)5-2-4-14-6-7-15-16(12-14)23-11-10-22-15/h6-7,12H,2-5,8-11H2,1H3,(H,18,20)(H,19,21). The third-order valence-corrected chi connectivity index (χ3v) is 3.53. The van der Waals surface area contributed by atoms with Crippen LogP contribution in [0.1, 0.15) is 31.7 Å². The van der Waals surface area contributed by atoms with Gasteiger partial charge in [0.05, 0.1) is 0 Å². The molecule has 0 spiro atoms. The van der Waals surface area contributed by atoms with Crippen molar-refractivity contribution in [2.75, 3.05) is 26.3 Å². The van der Waals surface area contributed by atoms with Gasteiger partial charge in [0.2, 0.25) is 11.8 Å². The number of fused-ring (bicyclic) bond motifs is 1. The van der Waals surface area contributed by atoms with Gasteiger partial charge in [0.1, 0.15) is 13.2 Å². The van der Waals surface area contributed by atoms with Crippen LogP contribution in [0.2, 0.25) is 0 Å². The number of rotatable bonds is 8. The smallest absolute Gasteiger partial charge is 0.220 e. The molecule has 6 heteroatoms. The molecule has 0 saturated heterocycles. The number of aryl methyl sites for hydroxylation is 1. The van der Waals surface area contributed by atoms with Gasteiger partial charge in [0, 0.05) is 26.4 Å². The number of ether oxygens (including phenoxy) is 2. The lowest BCUT2D eigenvalue weighted by molar-refractivity contribution is -0.121. The summed E-state index contributed by atoms with van der Waals surface area (Å²) in [7, 11) is 0. The maximum atomic E-state index is 11.7. The molecule has 0 saturated carbocycles. The Bertz CT molecular complexity index is 545. The topological polar surface area (TPSA) is 76.7 Å². The molecule has 1 aliphatic rings. The Kier molecular flexibility index (Phi) is 6.72. The second-order valence-corrected chi connectivity index (χ2v) is 5.52. The lowest BCUT2D eigenvalue weighted by Crippen LogP contribution is -2.28. The first-order valence-electron chi connectivity index (χ1n) is 8.05. The fraction of sp³-hybridized carbons (Fsp3) is 0.529. The average molecular weight is 320 g/mol. The van der Waals surface area contributed by atoms with E-state index in [1.165, 1.54) is 6.92 Å². The lowest BCUT2D eigenvalue weighted by atomic mass is 10.1. The molecule has 23 heavy (non-hydrogen) atoms. The molecule has 0 atom stereocenters. The number of hydrogen-bond acceptors (Lipinski definition) is 4. The van der Waals surface area contributed by atoms with Crippen LogP contribution >= 0.6 is 0 Å². The number of benzene rings is 1. The van der Waals surface area contributed by atoms with Gasteiger partial charge in [-0.1, -0.05) is 6.07 Å². The van der Waals surface area contributed by atoms with Gasteiger partial charge in [-0.25, -0.2) is 0 Å². The second-order valence-electron chi connectivity index (χ2n) is 5.52. The Morgan fingerprint density at radius 2 is 1.78 bits per heavy atom. The number of nitrogens with one attached hydrogen (secondary N) is 2. The minimum Gasteiger partial charge on any atom is -0.486 e. The van der Waals surface area contributed by atoms with Gasteiger partial charge < -0.3 is 20.1 Å². The first-order valence-corrected chi connectivity index (χ1v) is 8.05. The van der Waals surface area contributed by atoms with Crippen LogP contribution in [0, 0.1) is 0 Å². The van der Waals surface area contributed by atoms with E-state index < -0.39 is 0 Å². The van der Waals surface area contributed by atoms with Gasteiger partial charge in [-0.15, -0.1) is 0 Å². The fourth-order valence-corrected chi connectivity index (χ4v) is 2.37. The van der Waals surface area contributed by atoms with E-state index in [0.29, 0.717) is 32.7 Å². The number of carbonyl (C=O) groups is 2. The van der Waals surface area contributed by atoms with Crippen molar-refractivity contribution in [3.05, 3.63) is 23.8 Å². The van der Waals surface area contributed by atoms with Crippen LogP contribution in [0.25, 0.3) is 0 Å². The van der Waals surface area contributed by atoms with Crippen LogP contribution in [-0.2, 0) is 16.0 Å². The minimum atomic E-state index is -0.0456. The maximum Gasteiger partial charge on any atom is 0.220 e. The molecule has 1 aromatic rings. The molecule has 2 N–H and O–H groups in total. The van der Waals surface area contributed by atoms with Crippen molar-refractivity contribution in [2.24, 2.45) is 0 Å². The summed E-state index contributed by atoms with van der Waals surface area (Å²) in [6, 6.07) is 5.92. The van der Waals surface area contributed by atoms with Crippen molar-refractivity contribution in [1.29, 1.82) is 0 Å². The van der Waals surface area contributed by atoms with Crippen molar-refractivity contribution < 1.29 is 19.1 Å². The van der Waals surface area contributed by atoms with Crippen molar-refractivity contribution in [2.45, 2.75) is 32.6 Å². The molecule has 0 fully saturated rings. The molecule has 6 nitrogen and oxygen atoms in total. The zero-order chi connectivity index (χ0) is 16.5. The van der Waals surface area contributed by atoms with Crippen molar-refractivity contribution in [1.82, 2.24) is 10.6 Å². The summed E-state index contributed by atoms with van der Waals surface area (Å²) in [6.45, 7) is 3.83. The lowest BCUT2D eigenvalue weighted by Gasteiger charge is -2.18. The van der Waals surface area contributed by atoms with E-state index in [9.17, 15) is 9.59 Å². The molecule has 0 bridgehead atoms. The second kappa shape index (κ2) is 9.02. The van der Waals surface area contributed by atoms with Gasteiger partial charge in [0.25, 0.3) is 0 Å². The molecule has 0 aliphatic carbocycles. The highest BCUT2D eigenvalue weighted by Crippen LogP contribution is 2.31. The molecule has 1 heterocycles. The van der Waals surface area contributed by atoms with E-state index in [2.05, 4.69) is 10.6 Å². The maximum absolute atomic E-state index is 11.7. The van der Waals surface area contributed by atoms with E-state index in [-0.39, 0.29) is 11.8 Å². The summed E-state index contributed by atoms with van der Waals surface area (Å²) in [6.07, 6.45) is 2.86. The van der Waals surface area contributed by atoms with Crippen LogP contribution in [0.15, 0.2) is 18.2 Å². The molecule has 1 aliphatic heterocycles. The summed E-state index contributed by atoms with van der Waals surface area (Å²) in [5, 5.41) is 5.55. The Morgan fingerprint density at radius 3 is 2.57 bits per heavy atom. The number of hydrogen-bond donors (Lipinski definition) is 2. The predicted octanol–water partition coefficient (Wildman–Crippen LogP) is 1.42. The average Bonchev–Trinajstić information content (AvgIpc) is 2.54. The monoisotopic (exact) mass is 320 g/mol. The normalized spacial score (nSPS) is 12.6. The zero-order valence-electron chi connectivity index (χ0n) is 13.5. The molecule has 0 unspecified atom stereocenters. The highest BCUT2D eigenvalue weighted by atomic mass is 16.6. The van der Waals surface area contributed by atoms with Gasteiger partial charge in [0.15, 0.2) is 11.5 Å². The zero-order valence-corrected chi connectivity index (χ0v) is 13.5. The molecule has 126 valence electrons. The van der Waals surface area contributed by atoms with E-state index in [1.807, 2.05) is 18.2 Å². The molecule has 0 aromatic heterocycles. The molecule has 2 rings (SSSR count). The van der Waals surface area contributed by atoms with Gasteiger partial charge >= 0.3 is 0 Å². The van der Waals surface area contributed by atoms with Gasteiger partial charge in [-0.05, 0) is 37.0 Å². The summed E-state index contributed by atoms with van der Waals surface area (Å²) < 4.78 is 11.0. The van der Waals surface area contributed by atoms with E-state index in [4.69, 9.17) is 9.47 Å². The van der Waals surface area contributed by atoms with Crippen molar-refractivity contribution in [3.8, 4) is 11.5 Å². The highest BCUT2D eigenvalue weighted by Gasteiger charge is 2.11. The number of carbonyl (C=O) groups excluding carboxylic acids is 2. The summed E-state index contributed by atoms with van der Waals surface area (Å²) in [5.41, 5.74) is 1.15. The summed E-state index contributed by atoms with van der Waals surface area (Å²) in [4.78, 5) is 22.4. The first-order chi connectivity index (χ1) is 11.1. The van der Waals surface area contributed by atoms with Crippen LogP contribution < -0.4 is 20.1 Å². The molecule has 2 amide bonds. The third kappa shape index (κ3) is 6.18. The Morgan fingerprint density at radius 1 is 1.04 bits per heavy atom. The predicted molar refractivity (Wildman–Crippen MR) is 86.7 cm³/mol. The van der Waals surface area contributed by atoms with Crippen LogP contribution in [0.4, 0.5) is 0 Å². The van der Waals surface area contributed by atoms with Crippen LogP contribution in [0.3, 0.4) is 0 Å². The third-order valence-electron chi connectivity index (χ3n) is 3.53. The quantitative estimate of drug-likeness (QED) is 0.710. The van der Waals surface area contributed by atoms with Gasteiger partial charge in [-0.2, -0.15) is 0 Å². The van der Waals surface area contributed by atoms with Crippen LogP contribution in [0.5, 0.6) is 11.5 Å². The number of amides is 2. The Labute approximate surface area is 136 Å². The molecular formula is C17H24N2O4. The van der Waals surface area contributed by atoms with Crippen LogP contribution in [-0.4, -0.2) is 38.1 Å². The van der Waals surface area contributed by atoms with Gasteiger partial charge in [-0.3, -0.25) is 9.59 Å². The van der Waals surface area contributed by atoms with E-state index in [1.54, 1.807) is 0 Å². The molecule has 0 radical (unpaired) electrons. The van der Waals surface area contributed by atoms with E-state index in [0.717, 1.165) is 36.3 Å². The molecular weight excluding hydrogens is 296 g/mol. The van der Waals surface area contributed by atoms with Crippen molar-refractivity contribution >= 4 is 11.8 Å². The van der Waals surface area contributed by atoms with E-state index >= 15 is 0 Å². The van der Waals surface area contributed by atoms with Crippen molar-refractivity contribution in [3.63, 3.8) is 0 Å². The Hall–Kier alpha value is -2.24. The highest BCUT2D eigenvalue weighted by molar-refractivity contribution is 5.75. The minimum absolute atomic E-state index is 0.0456. The fourth-order valence-electron chi connectivity index (χ4n) is 2.37. The Balaban J connectivity index is 1.61. The summed E-state index contributed by atoms with van der Waals surface area (Å²) in [5.74, 6) is 1.58. The summed E-state index contributed by atoms with van der Waals surface area (Å²) >= 11 is 0. The SMILES string of the molecule is CC(=O)NCCCNC(=O)CCCc1ccc2c(c1)OCCO2.